The number of anilines is 1. The molecule has 0 aromatic heterocycles. The van der Waals surface area contributed by atoms with Crippen molar-refractivity contribution in [3.8, 4) is 23.3 Å². The van der Waals surface area contributed by atoms with E-state index in [0.29, 0.717) is 22.9 Å². The van der Waals surface area contributed by atoms with Gasteiger partial charge in [0.25, 0.3) is 0 Å². The van der Waals surface area contributed by atoms with Crippen molar-refractivity contribution in [2.24, 2.45) is 0 Å². The number of methoxy groups -OCH3 is 3. The average molecular weight is 310 g/mol. The fourth-order valence-electron chi connectivity index (χ4n) is 2.28. The van der Waals surface area contributed by atoms with Gasteiger partial charge in [-0.15, -0.1) is 0 Å². The summed E-state index contributed by atoms with van der Waals surface area (Å²) in [6.45, 7) is 0. The molecule has 0 radical (unpaired) electrons. The van der Waals surface area contributed by atoms with Gasteiger partial charge in [0.1, 0.15) is 5.75 Å². The zero-order chi connectivity index (χ0) is 16.8. The Morgan fingerprint density at radius 3 is 2.04 bits per heavy atom. The minimum absolute atomic E-state index is 0.542. The van der Waals surface area contributed by atoms with Crippen LogP contribution < -0.4 is 19.9 Å². The smallest absolute Gasteiger partial charge is 0.161 e. The minimum atomic E-state index is 0.542. The van der Waals surface area contributed by atoms with Gasteiger partial charge in [-0.05, 0) is 41.0 Å². The Bertz CT molecular complexity index is 776. The lowest BCUT2D eigenvalue weighted by Crippen LogP contribution is -1.96. The van der Waals surface area contributed by atoms with E-state index in [4.69, 9.17) is 25.2 Å². The molecule has 0 saturated heterocycles. The van der Waals surface area contributed by atoms with Crippen LogP contribution in [0.5, 0.6) is 17.2 Å². The molecule has 0 atom stereocenters. The van der Waals surface area contributed by atoms with Crippen molar-refractivity contribution in [3.63, 3.8) is 0 Å². The summed E-state index contributed by atoms with van der Waals surface area (Å²) in [5.74, 6) is 1.78. The summed E-state index contributed by atoms with van der Waals surface area (Å²) < 4.78 is 15.8. The van der Waals surface area contributed by atoms with Crippen LogP contribution in [0.4, 0.5) is 5.69 Å². The molecule has 0 saturated carbocycles. The van der Waals surface area contributed by atoms with Crippen molar-refractivity contribution in [2.75, 3.05) is 27.1 Å². The lowest BCUT2D eigenvalue weighted by atomic mass is 9.96. The Labute approximate surface area is 135 Å². The van der Waals surface area contributed by atoms with Gasteiger partial charge < -0.3 is 19.9 Å². The van der Waals surface area contributed by atoms with E-state index in [-0.39, 0.29) is 0 Å². The minimum Gasteiger partial charge on any atom is -0.495 e. The van der Waals surface area contributed by atoms with Crippen molar-refractivity contribution in [1.82, 2.24) is 0 Å². The summed E-state index contributed by atoms with van der Waals surface area (Å²) in [5, 5.41) is 9.13. The molecule has 2 aromatic carbocycles. The zero-order valence-corrected chi connectivity index (χ0v) is 13.3. The predicted octanol–water partition coefficient (Wildman–Crippen LogP) is 3.25. The molecule has 0 spiro atoms. The van der Waals surface area contributed by atoms with Crippen LogP contribution >= 0.6 is 0 Å². The third kappa shape index (κ3) is 3.38. The molecule has 5 heteroatoms. The molecule has 0 amide bonds. The van der Waals surface area contributed by atoms with Crippen LogP contribution in [-0.4, -0.2) is 21.3 Å². The second-order valence-corrected chi connectivity index (χ2v) is 4.71. The summed E-state index contributed by atoms with van der Waals surface area (Å²) in [7, 11) is 4.70. The van der Waals surface area contributed by atoms with E-state index in [1.54, 1.807) is 39.5 Å². The van der Waals surface area contributed by atoms with Gasteiger partial charge in [-0.2, -0.15) is 5.26 Å². The quantitative estimate of drug-likeness (QED) is 0.677. The molecule has 0 aliphatic heterocycles. The van der Waals surface area contributed by atoms with Crippen LogP contribution in [-0.2, 0) is 0 Å². The summed E-state index contributed by atoms with van der Waals surface area (Å²) >= 11 is 0. The highest BCUT2D eigenvalue weighted by molar-refractivity contribution is 5.83. The number of nitriles is 1. The molecule has 5 nitrogen and oxygen atoms in total. The molecule has 0 aliphatic carbocycles. The number of benzene rings is 2. The van der Waals surface area contributed by atoms with Crippen LogP contribution in [0.2, 0.25) is 0 Å². The Hall–Kier alpha value is -3.13. The normalized spacial score (nSPS) is 10.8. The molecular formula is C18H18N2O3. The SMILES string of the molecule is COc1cc(C(=CC#N)c2ccc(OC)c(OC)c2)ccc1N. The second-order valence-electron chi connectivity index (χ2n) is 4.71. The maximum absolute atomic E-state index is 9.13. The van der Waals surface area contributed by atoms with E-state index >= 15 is 0 Å². The highest BCUT2D eigenvalue weighted by atomic mass is 16.5. The average Bonchev–Trinajstić information content (AvgIpc) is 2.59. The highest BCUT2D eigenvalue weighted by Crippen LogP contribution is 2.34. The number of ether oxygens (including phenoxy) is 3. The van der Waals surface area contributed by atoms with Crippen LogP contribution in [0.3, 0.4) is 0 Å². The molecule has 0 fully saturated rings. The van der Waals surface area contributed by atoms with E-state index in [9.17, 15) is 0 Å². The number of nitrogen functional groups attached to an aromatic ring is 1. The van der Waals surface area contributed by atoms with E-state index in [0.717, 1.165) is 16.7 Å². The van der Waals surface area contributed by atoms with Gasteiger partial charge in [0.15, 0.2) is 11.5 Å². The van der Waals surface area contributed by atoms with Crippen molar-refractivity contribution < 1.29 is 14.2 Å². The summed E-state index contributed by atoms with van der Waals surface area (Å²) in [6, 6.07) is 13.0. The summed E-state index contributed by atoms with van der Waals surface area (Å²) in [6.07, 6.45) is 1.48. The molecule has 2 aromatic rings. The first-order chi connectivity index (χ1) is 11.1. The van der Waals surface area contributed by atoms with E-state index in [1.165, 1.54) is 6.08 Å². The molecule has 0 heterocycles. The van der Waals surface area contributed by atoms with E-state index in [2.05, 4.69) is 6.07 Å². The molecule has 0 bridgehead atoms. The number of allylic oxidation sites excluding steroid dienone is 1. The van der Waals surface area contributed by atoms with Crippen LogP contribution in [0.1, 0.15) is 11.1 Å². The number of nitrogens with zero attached hydrogens (tertiary/aromatic N) is 1. The predicted molar refractivity (Wildman–Crippen MR) is 89.6 cm³/mol. The van der Waals surface area contributed by atoms with Crippen LogP contribution in [0.15, 0.2) is 42.5 Å². The summed E-state index contributed by atoms with van der Waals surface area (Å²) in [4.78, 5) is 0. The molecule has 23 heavy (non-hydrogen) atoms. The maximum Gasteiger partial charge on any atom is 0.161 e. The molecular weight excluding hydrogens is 292 g/mol. The van der Waals surface area contributed by atoms with E-state index in [1.807, 2.05) is 18.2 Å². The Morgan fingerprint density at radius 1 is 0.913 bits per heavy atom. The van der Waals surface area contributed by atoms with Gasteiger partial charge in [-0.25, -0.2) is 0 Å². The van der Waals surface area contributed by atoms with Gasteiger partial charge in [0.2, 0.25) is 0 Å². The van der Waals surface area contributed by atoms with E-state index < -0.39 is 0 Å². The number of hydrogen-bond donors (Lipinski definition) is 1. The first-order valence-corrected chi connectivity index (χ1v) is 6.90. The maximum atomic E-state index is 9.13. The molecule has 0 unspecified atom stereocenters. The fourth-order valence-corrected chi connectivity index (χ4v) is 2.28. The van der Waals surface area contributed by atoms with Crippen molar-refractivity contribution in [1.29, 1.82) is 5.26 Å². The van der Waals surface area contributed by atoms with Gasteiger partial charge >= 0.3 is 0 Å². The molecule has 118 valence electrons. The first-order valence-electron chi connectivity index (χ1n) is 6.90. The van der Waals surface area contributed by atoms with Gasteiger partial charge in [-0.1, -0.05) is 12.1 Å². The molecule has 2 rings (SSSR count). The second kappa shape index (κ2) is 7.23. The Kier molecular flexibility index (Phi) is 5.11. The third-order valence-corrected chi connectivity index (χ3v) is 3.45. The van der Waals surface area contributed by atoms with Gasteiger partial charge in [0, 0.05) is 6.08 Å². The molecule has 2 N–H and O–H groups in total. The topological polar surface area (TPSA) is 77.5 Å². The highest BCUT2D eigenvalue weighted by Gasteiger charge is 2.12. The number of rotatable bonds is 5. The zero-order valence-electron chi connectivity index (χ0n) is 13.3. The van der Waals surface area contributed by atoms with Gasteiger partial charge in [0.05, 0.1) is 33.1 Å². The lowest BCUT2D eigenvalue weighted by Gasteiger charge is -2.13. The summed E-state index contributed by atoms with van der Waals surface area (Å²) in [5.41, 5.74) is 8.79. The van der Waals surface area contributed by atoms with Crippen LogP contribution in [0.25, 0.3) is 5.57 Å². The fraction of sp³-hybridized carbons (Fsp3) is 0.167. The number of hydrogen-bond acceptors (Lipinski definition) is 5. The van der Waals surface area contributed by atoms with Crippen LogP contribution in [0, 0.1) is 11.3 Å². The van der Waals surface area contributed by atoms with Crippen molar-refractivity contribution in [2.45, 2.75) is 0 Å². The molecule has 0 aliphatic rings. The van der Waals surface area contributed by atoms with Crippen molar-refractivity contribution >= 4 is 11.3 Å². The Balaban J connectivity index is 2.56. The largest absolute Gasteiger partial charge is 0.495 e. The lowest BCUT2D eigenvalue weighted by molar-refractivity contribution is 0.355. The third-order valence-electron chi connectivity index (χ3n) is 3.45. The monoisotopic (exact) mass is 310 g/mol. The van der Waals surface area contributed by atoms with Gasteiger partial charge in [-0.3, -0.25) is 0 Å². The Morgan fingerprint density at radius 2 is 1.48 bits per heavy atom. The van der Waals surface area contributed by atoms with Crippen molar-refractivity contribution in [3.05, 3.63) is 53.6 Å². The number of nitrogens with two attached hydrogens (primary N) is 1. The standard InChI is InChI=1S/C18H18N2O3/c1-21-16-7-5-13(11-18(16)23-3)14(8-9-19)12-4-6-15(20)17(10-12)22-2/h4-8,10-11H,20H2,1-3H3. The first kappa shape index (κ1) is 16.2.